The maximum absolute atomic E-state index is 14.9. The molecule has 2 N–H and O–H groups in total. The normalized spacial score (nSPS) is 19.6. The summed E-state index contributed by atoms with van der Waals surface area (Å²) >= 11 is 5.69. The Kier molecular flexibility index (Phi) is 11.3. The number of rotatable bonds is 8. The van der Waals surface area contributed by atoms with E-state index in [1.807, 2.05) is 0 Å². The quantitative estimate of drug-likeness (QED) is 0.432. The van der Waals surface area contributed by atoms with E-state index in [2.05, 4.69) is 17.2 Å². The summed E-state index contributed by atoms with van der Waals surface area (Å²) in [6, 6.07) is 4.16. The first kappa shape index (κ1) is 30.9. The van der Waals surface area contributed by atoms with E-state index in [4.69, 9.17) is 20.0 Å². The predicted molar refractivity (Wildman–Crippen MR) is 131 cm³/mol. The fourth-order valence-corrected chi connectivity index (χ4v) is 4.57. The molecule has 1 aromatic carbocycles. The SMILES string of the molecule is CCc1nc(C(=O)NCC2(O)CCC(C)CC2)c(Cl)n1-c1ccc(CCCC(F)(F)F)cc1F.O=S=O. The largest absolute Gasteiger partial charge is 0.389 e. The highest BCUT2D eigenvalue weighted by molar-refractivity contribution is 7.51. The topological polar surface area (TPSA) is 101 Å². The number of amides is 1. The summed E-state index contributed by atoms with van der Waals surface area (Å²) < 4.78 is 69.9. The first-order chi connectivity index (χ1) is 17.3. The average Bonchev–Trinajstić information content (AvgIpc) is 3.16. The Morgan fingerprint density at radius 3 is 2.46 bits per heavy atom. The molecule has 1 amide bonds. The molecule has 0 spiro atoms. The Hall–Kier alpha value is -2.31. The minimum Gasteiger partial charge on any atom is -0.388 e. The van der Waals surface area contributed by atoms with Crippen LogP contribution in [0, 0.1) is 11.7 Å². The van der Waals surface area contributed by atoms with Gasteiger partial charge in [0.1, 0.15) is 16.8 Å². The number of halogens is 5. The standard InChI is InChI=1S/C24H30ClF4N3O2.O2S/c1-3-19-31-20(22(33)30-14-23(34)11-8-15(2)9-12-23)21(25)32(19)18-7-6-16(13-17(18)26)5-4-10-24(27,28)29;1-3-2/h6-7,13,15,34H,3-5,8-12,14H2,1-2H3,(H,30,33);. The molecule has 3 rings (SSSR count). The number of nitrogens with zero attached hydrogens (tertiary/aromatic N) is 2. The Morgan fingerprint density at radius 1 is 1.30 bits per heavy atom. The van der Waals surface area contributed by atoms with Gasteiger partial charge in [0.15, 0.2) is 5.69 Å². The van der Waals surface area contributed by atoms with Crippen LogP contribution >= 0.6 is 11.6 Å². The Morgan fingerprint density at radius 2 is 1.92 bits per heavy atom. The van der Waals surface area contributed by atoms with Crippen LogP contribution in [0.2, 0.25) is 5.15 Å². The maximum Gasteiger partial charge on any atom is 0.389 e. The Balaban J connectivity index is 0.00000153. The van der Waals surface area contributed by atoms with E-state index in [0.717, 1.165) is 12.8 Å². The van der Waals surface area contributed by atoms with Crippen molar-refractivity contribution in [2.24, 2.45) is 5.92 Å². The summed E-state index contributed by atoms with van der Waals surface area (Å²) in [5.74, 6) is -0.325. The molecular formula is C24H30ClF4N3O4S. The van der Waals surface area contributed by atoms with Crippen LogP contribution in [-0.4, -0.2) is 47.3 Å². The smallest absolute Gasteiger partial charge is 0.388 e. The molecule has 1 aliphatic carbocycles. The minimum absolute atomic E-state index is 0.0628. The van der Waals surface area contributed by atoms with Crippen molar-refractivity contribution in [2.45, 2.75) is 77.0 Å². The summed E-state index contributed by atoms with van der Waals surface area (Å²) in [5, 5.41) is 13.4. The van der Waals surface area contributed by atoms with Crippen LogP contribution in [0.15, 0.2) is 18.2 Å². The third kappa shape index (κ3) is 8.89. The lowest BCUT2D eigenvalue weighted by molar-refractivity contribution is -0.135. The lowest BCUT2D eigenvalue weighted by atomic mass is 9.79. The summed E-state index contributed by atoms with van der Waals surface area (Å²) in [4.78, 5) is 17.1. The van der Waals surface area contributed by atoms with Gasteiger partial charge in [-0.1, -0.05) is 31.5 Å². The number of carbonyl (C=O) groups excluding carboxylic acids is 1. The molecule has 0 bridgehead atoms. The average molecular weight is 568 g/mol. The van der Waals surface area contributed by atoms with E-state index in [9.17, 15) is 27.5 Å². The number of aliphatic hydroxyl groups is 1. The van der Waals surface area contributed by atoms with Crippen LogP contribution < -0.4 is 5.32 Å². The van der Waals surface area contributed by atoms with E-state index >= 15 is 0 Å². The summed E-state index contributed by atoms with van der Waals surface area (Å²) in [6.45, 7) is 3.99. The van der Waals surface area contributed by atoms with Crippen molar-refractivity contribution in [2.75, 3.05) is 6.54 Å². The fourth-order valence-electron chi connectivity index (χ4n) is 4.26. The van der Waals surface area contributed by atoms with Crippen LogP contribution in [0.3, 0.4) is 0 Å². The summed E-state index contributed by atoms with van der Waals surface area (Å²) in [7, 11) is 0. The Bertz CT molecular complexity index is 1110. The van der Waals surface area contributed by atoms with Crippen LogP contribution in [-0.2, 0) is 24.4 Å². The van der Waals surface area contributed by atoms with Gasteiger partial charge in [0, 0.05) is 19.4 Å². The van der Waals surface area contributed by atoms with Crippen LogP contribution in [0.25, 0.3) is 5.69 Å². The lowest BCUT2D eigenvalue weighted by Gasteiger charge is -2.34. The molecule has 206 valence electrons. The number of benzene rings is 1. The molecule has 2 aromatic rings. The Labute approximate surface area is 221 Å². The highest BCUT2D eigenvalue weighted by atomic mass is 35.5. The minimum atomic E-state index is -4.25. The molecule has 0 saturated heterocycles. The van der Waals surface area contributed by atoms with Gasteiger partial charge in [-0.2, -0.15) is 21.6 Å². The van der Waals surface area contributed by atoms with Crippen LogP contribution in [0.5, 0.6) is 0 Å². The molecule has 13 heteroatoms. The molecule has 1 heterocycles. The fraction of sp³-hybridized carbons (Fsp3) is 0.583. The molecule has 37 heavy (non-hydrogen) atoms. The van der Waals surface area contributed by atoms with E-state index < -0.39 is 41.5 Å². The second-order valence-corrected chi connectivity index (χ2v) is 9.76. The van der Waals surface area contributed by atoms with Gasteiger partial charge in [0.25, 0.3) is 5.91 Å². The second-order valence-electron chi connectivity index (χ2n) is 9.27. The number of hydrogen-bond donors (Lipinski definition) is 2. The van der Waals surface area contributed by atoms with Crippen molar-refractivity contribution in [1.82, 2.24) is 14.9 Å². The zero-order chi connectivity index (χ0) is 27.8. The number of hydrogen-bond acceptors (Lipinski definition) is 5. The zero-order valence-electron chi connectivity index (χ0n) is 20.5. The van der Waals surface area contributed by atoms with Gasteiger partial charge in [-0.15, -0.1) is 0 Å². The lowest BCUT2D eigenvalue weighted by Crippen LogP contribution is -2.45. The van der Waals surface area contributed by atoms with Gasteiger partial charge in [-0.3, -0.25) is 9.36 Å². The maximum atomic E-state index is 14.9. The van der Waals surface area contributed by atoms with Crippen LogP contribution in [0.4, 0.5) is 17.6 Å². The molecule has 1 aliphatic rings. The monoisotopic (exact) mass is 567 g/mol. The highest BCUT2D eigenvalue weighted by Crippen LogP contribution is 2.32. The van der Waals surface area contributed by atoms with Crippen molar-refractivity contribution in [3.63, 3.8) is 0 Å². The van der Waals surface area contributed by atoms with Gasteiger partial charge in [-0.05, 0) is 62.1 Å². The molecule has 1 fully saturated rings. The highest BCUT2D eigenvalue weighted by Gasteiger charge is 2.33. The summed E-state index contributed by atoms with van der Waals surface area (Å²) in [5.41, 5.74) is -0.542. The number of carbonyl (C=O) groups is 1. The number of aryl methyl sites for hydroxylation is 2. The number of alkyl halides is 3. The molecule has 1 aromatic heterocycles. The van der Waals surface area contributed by atoms with E-state index in [0.29, 0.717) is 36.6 Å². The van der Waals surface area contributed by atoms with Gasteiger partial charge in [0.2, 0.25) is 0 Å². The summed E-state index contributed by atoms with van der Waals surface area (Å²) in [6.07, 6.45) is -1.91. The van der Waals surface area contributed by atoms with E-state index in [-0.39, 0.29) is 35.9 Å². The van der Waals surface area contributed by atoms with Gasteiger partial charge in [-0.25, -0.2) is 9.37 Å². The van der Waals surface area contributed by atoms with E-state index in [1.54, 1.807) is 13.0 Å². The first-order valence-electron chi connectivity index (χ1n) is 11.9. The van der Waals surface area contributed by atoms with E-state index in [1.165, 1.54) is 16.7 Å². The van der Waals surface area contributed by atoms with Crippen LogP contribution in [0.1, 0.15) is 74.2 Å². The van der Waals surface area contributed by atoms with Crippen molar-refractivity contribution in [3.05, 3.63) is 46.3 Å². The third-order valence-corrected chi connectivity index (χ3v) is 6.73. The first-order valence-corrected chi connectivity index (χ1v) is 12.9. The molecule has 0 aliphatic heterocycles. The van der Waals surface area contributed by atoms with Crippen molar-refractivity contribution in [1.29, 1.82) is 0 Å². The molecule has 1 saturated carbocycles. The number of nitrogens with one attached hydrogen (secondary N) is 1. The van der Waals surface area contributed by atoms with Gasteiger partial charge in [0.05, 0.1) is 11.3 Å². The molecule has 0 atom stereocenters. The third-order valence-electron chi connectivity index (χ3n) is 6.38. The molecule has 0 unspecified atom stereocenters. The number of imidazole rings is 1. The predicted octanol–water partition coefficient (Wildman–Crippen LogP) is 5.11. The number of aromatic nitrogens is 2. The van der Waals surface area contributed by atoms with Crippen molar-refractivity contribution >= 4 is 29.1 Å². The van der Waals surface area contributed by atoms with Gasteiger partial charge >= 0.3 is 17.7 Å². The molecular weight excluding hydrogens is 538 g/mol. The van der Waals surface area contributed by atoms with Crippen molar-refractivity contribution < 1.29 is 35.9 Å². The van der Waals surface area contributed by atoms with Crippen molar-refractivity contribution in [3.8, 4) is 5.69 Å². The van der Waals surface area contributed by atoms with Gasteiger partial charge < -0.3 is 10.4 Å². The molecule has 7 nitrogen and oxygen atoms in total. The second kappa shape index (κ2) is 13.5. The zero-order valence-corrected chi connectivity index (χ0v) is 22.1. The molecule has 0 radical (unpaired) electrons.